The van der Waals surface area contributed by atoms with E-state index in [0.717, 1.165) is 18.7 Å². The van der Waals surface area contributed by atoms with Crippen molar-refractivity contribution < 1.29 is 18.4 Å². The number of hydrogen-bond donors (Lipinski definition) is 3. The number of benzene rings is 3. The second-order valence-corrected chi connectivity index (χ2v) is 8.28. The zero-order valence-corrected chi connectivity index (χ0v) is 20.6. The van der Waals surface area contributed by atoms with Gasteiger partial charge in [0.2, 0.25) is 5.91 Å². The van der Waals surface area contributed by atoms with Gasteiger partial charge in [-0.3, -0.25) is 9.59 Å². The van der Waals surface area contributed by atoms with Crippen LogP contribution in [0.2, 0.25) is 0 Å². The Morgan fingerprint density at radius 3 is 2.36 bits per heavy atom. The highest BCUT2D eigenvalue weighted by molar-refractivity contribution is 6.02. The van der Waals surface area contributed by atoms with Crippen molar-refractivity contribution in [1.29, 1.82) is 0 Å². The van der Waals surface area contributed by atoms with E-state index in [4.69, 9.17) is 0 Å². The van der Waals surface area contributed by atoms with Crippen LogP contribution in [0, 0.1) is 11.6 Å². The minimum atomic E-state index is -1.02. The summed E-state index contributed by atoms with van der Waals surface area (Å²) < 4.78 is 28.4. The Kier molecular flexibility index (Phi) is 9.94. The maximum atomic E-state index is 14.2. The molecule has 0 aliphatic rings. The molecule has 0 aliphatic carbocycles. The van der Waals surface area contributed by atoms with Crippen molar-refractivity contribution in [3.63, 3.8) is 0 Å². The van der Waals surface area contributed by atoms with Gasteiger partial charge in [-0.05, 0) is 49.4 Å². The number of nitrogens with one attached hydrogen (secondary N) is 3. The molecule has 6 nitrogen and oxygen atoms in total. The number of likely N-dealkylation sites (N-methyl/N-ethyl adjacent to an activating group) is 2. The topological polar surface area (TPSA) is 73.5 Å². The van der Waals surface area contributed by atoms with Gasteiger partial charge < -0.3 is 20.9 Å². The average Bonchev–Trinajstić information content (AvgIpc) is 2.87. The van der Waals surface area contributed by atoms with Crippen molar-refractivity contribution in [2.75, 3.05) is 36.4 Å². The highest BCUT2D eigenvalue weighted by Crippen LogP contribution is 2.27. The van der Waals surface area contributed by atoms with Crippen LogP contribution in [0.25, 0.3) is 0 Å². The smallest absolute Gasteiger partial charge is 0.254 e. The van der Waals surface area contributed by atoms with Crippen molar-refractivity contribution >= 4 is 23.2 Å². The highest BCUT2D eigenvalue weighted by Gasteiger charge is 2.25. The summed E-state index contributed by atoms with van der Waals surface area (Å²) in [6.07, 6.45) is 0.176. The van der Waals surface area contributed by atoms with Crippen LogP contribution < -0.4 is 20.9 Å². The maximum absolute atomic E-state index is 14.2. The van der Waals surface area contributed by atoms with E-state index in [-0.39, 0.29) is 12.0 Å². The van der Waals surface area contributed by atoms with Crippen LogP contribution in [-0.2, 0) is 11.2 Å². The normalized spacial score (nSPS) is 11.6. The molecule has 8 heteroatoms. The summed E-state index contributed by atoms with van der Waals surface area (Å²) in [5.41, 5.74) is 1.63. The molecule has 3 aromatic carbocycles. The van der Waals surface area contributed by atoms with Gasteiger partial charge >= 0.3 is 0 Å². The van der Waals surface area contributed by atoms with Crippen LogP contribution in [0.5, 0.6) is 0 Å². The van der Waals surface area contributed by atoms with Gasteiger partial charge in [0, 0.05) is 26.1 Å². The van der Waals surface area contributed by atoms with Gasteiger partial charge in [-0.1, -0.05) is 49.4 Å². The van der Waals surface area contributed by atoms with Crippen LogP contribution >= 0.6 is 0 Å². The Bertz CT molecular complexity index is 1160. The molecule has 0 heterocycles. The van der Waals surface area contributed by atoms with E-state index in [9.17, 15) is 18.4 Å². The average molecular weight is 495 g/mol. The molecule has 3 N–H and O–H groups in total. The zero-order chi connectivity index (χ0) is 25.9. The fourth-order valence-corrected chi connectivity index (χ4v) is 3.88. The maximum Gasteiger partial charge on any atom is 0.254 e. The number of hydrogen-bond acceptors (Lipinski definition) is 4. The fourth-order valence-electron chi connectivity index (χ4n) is 3.88. The third-order valence-corrected chi connectivity index (χ3v) is 5.77. The van der Waals surface area contributed by atoms with Crippen molar-refractivity contribution in [3.8, 4) is 0 Å². The first-order chi connectivity index (χ1) is 17.4. The molecule has 0 aliphatic heterocycles. The Morgan fingerprint density at radius 1 is 0.944 bits per heavy atom. The summed E-state index contributed by atoms with van der Waals surface area (Å²) in [5.74, 6) is -2.41. The van der Waals surface area contributed by atoms with Crippen molar-refractivity contribution in [2.24, 2.45) is 0 Å². The summed E-state index contributed by atoms with van der Waals surface area (Å²) in [6, 6.07) is 18.0. The molecule has 3 aromatic rings. The number of nitrogens with zero attached hydrogens (tertiary/aromatic N) is 1. The predicted molar refractivity (Wildman–Crippen MR) is 139 cm³/mol. The first-order valence-electron chi connectivity index (χ1n) is 12.1. The molecule has 190 valence electrons. The number of rotatable bonds is 12. The summed E-state index contributed by atoms with van der Waals surface area (Å²) in [5, 5.41) is 8.71. The fraction of sp³-hybridized carbons (Fsp3) is 0.286. The van der Waals surface area contributed by atoms with Crippen molar-refractivity contribution in [3.05, 3.63) is 95.6 Å². The van der Waals surface area contributed by atoms with E-state index in [0.29, 0.717) is 24.5 Å². The largest absolute Gasteiger partial charge is 0.369 e. The molecule has 0 fully saturated rings. The summed E-state index contributed by atoms with van der Waals surface area (Å²) in [7, 11) is 0. The quantitative estimate of drug-likeness (QED) is 0.327. The number of carbonyl (C=O) groups excluding carboxylic acids is 2. The molecular weight excluding hydrogens is 462 g/mol. The van der Waals surface area contributed by atoms with Gasteiger partial charge in [-0.25, -0.2) is 8.78 Å². The van der Waals surface area contributed by atoms with Gasteiger partial charge in [0.05, 0.1) is 16.9 Å². The van der Waals surface area contributed by atoms with Crippen molar-refractivity contribution in [2.45, 2.75) is 26.3 Å². The molecule has 0 spiro atoms. The Balaban J connectivity index is 1.86. The second kappa shape index (κ2) is 13.3. The van der Waals surface area contributed by atoms with E-state index in [2.05, 4.69) is 16.0 Å². The first kappa shape index (κ1) is 26.8. The molecule has 0 bridgehead atoms. The van der Waals surface area contributed by atoms with Crippen molar-refractivity contribution in [1.82, 2.24) is 10.6 Å². The van der Waals surface area contributed by atoms with Gasteiger partial charge in [0.25, 0.3) is 5.91 Å². The van der Waals surface area contributed by atoms with E-state index in [1.165, 1.54) is 30.3 Å². The molecule has 2 amide bonds. The third kappa shape index (κ3) is 7.36. The van der Waals surface area contributed by atoms with E-state index in [1.807, 2.05) is 49.1 Å². The summed E-state index contributed by atoms with van der Waals surface area (Å²) in [6.45, 7) is 6.86. The van der Waals surface area contributed by atoms with Crippen LogP contribution in [0.4, 0.5) is 20.2 Å². The van der Waals surface area contributed by atoms with Gasteiger partial charge in [-0.2, -0.15) is 0 Å². The number of halogens is 2. The minimum Gasteiger partial charge on any atom is -0.369 e. The lowest BCUT2D eigenvalue weighted by Crippen LogP contribution is -2.45. The standard InChI is InChI=1S/C28H32F2N4O2/c1-3-31-16-17-34(4-2)26-15-14-21(29)19-24(26)32-28(36)25(18-20-10-6-5-7-11-20)33-27(35)22-12-8-9-13-23(22)30/h5-15,19,25,31H,3-4,16-18H2,1-2H3,(H,32,36)(H,33,35). The molecule has 0 saturated heterocycles. The Morgan fingerprint density at radius 2 is 1.67 bits per heavy atom. The van der Waals surface area contributed by atoms with E-state index in [1.54, 1.807) is 12.1 Å². The number of amides is 2. The molecule has 0 radical (unpaired) electrons. The molecule has 1 atom stereocenters. The van der Waals surface area contributed by atoms with E-state index < -0.39 is 29.5 Å². The Hall–Kier alpha value is -3.78. The third-order valence-electron chi connectivity index (χ3n) is 5.77. The molecular formula is C28H32F2N4O2. The van der Waals surface area contributed by atoms with Crippen LogP contribution in [0.15, 0.2) is 72.8 Å². The van der Waals surface area contributed by atoms with Gasteiger partial charge in [-0.15, -0.1) is 0 Å². The number of carbonyl (C=O) groups is 2. The Labute approximate surface area is 210 Å². The van der Waals surface area contributed by atoms with Crippen LogP contribution in [0.3, 0.4) is 0 Å². The molecule has 0 aromatic heterocycles. The molecule has 36 heavy (non-hydrogen) atoms. The summed E-state index contributed by atoms with van der Waals surface area (Å²) in [4.78, 5) is 28.3. The van der Waals surface area contributed by atoms with Crippen LogP contribution in [-0.4, -0.2) is 44.0 Å². The monoisotopic (exact) mass is 494 g/mol. The molecule has 1 unspecified atom stereocenters. The molecule has 0 saturated carbocycles. The minimum absolute atomic E-state index is 0.157. The predicted octanol–water partition coefficient (Wildman–Crippen LogP) is 4.38. The summed E-state index contributed by atoms with van der Waals surface area (Å²) >= 11 is 0. The number of anilines is 2. The van der Waals surface area contributed by atoms with Gasteiger partial charge in [0.15, 0.2) is 0 Å². The SMILES string of the molecule is CCNCCN(CC)c1ccc(F)cc1NC(=O)C(Cc1ccccc1)NC(=O)c1ccccc1F. The highest BCUT2D eigenvalue weighted by atomic mass is 19.1. The lowest BCUT2D eigenvalue weighted by Gasteiger charge is -2.27. The zero-order valence-electron chi connectivity index (χ0n) is 20.6. The van der Waals surface area contributed by atoms with Crippen LogP contribution in [0.1, 0.15) is 29.8 Å². The lowest BCUT2D eigenvalue weighted by atomic mass is 10.0. The molecule has 3 rings (SSSR count). The first-order valence-corrected chi connectivity index (χ1v) is 12.1. The van der Waals surface area contributed by atoms with E-state index >= 15 is 0 Å². The lowest BCUT2D eigenvalue weighted by molar-refractivity contribution is -0.118. The second-order valence-electron chi connectivity index (χ2n) is 8.28. The van der Waals surface area contributed by atoms with Gasteiger partial charge in [0.1, 0.15) is 17.7 Å².